The van der Waals surface area contributed by atoms with Crippen molar-refractivity contribution in [1.82, 2.24) is 5.43 Å². The van der Waals surface area contributed by atoms with Gasteiger partial charge in [-0.25, -0.2) is 9.82 Å². The minimum atomic E-state index is -0.460. The highest BCUT2D eigenvalue weighted by Gasteiger charge is 2.17. The van der Waals surface area contributed by atoms with Crippen molar-refractivity contribution in [2.75, 3.05) is 5.32 Å². The molecule has 2 N–H and O–H groups in total. The van der Waals surface area contributed by atoms with E-state index < -0.39 is 5.91 Å². The Bertz CT molecular complexity index is 1080. The van der Waals surface area contributed by atoms with E-state index in [-0.39, 0.29) is 21.6 Å². The van der Waals surface area contributed by atoms with Crippen molar-refractivity contribution in [3.8, 4) is 0 Å². The summed E-state index contributed by atoms with van der Waals surface area (Å²) < 4.78 is 14.0. The summed E-state index contributed by atoms with van der Waals surface area (Å²) in [6.45, 7) is 3.53. The number of anilines is 1. The molecule has 0 saturated heterocycles. The molecule has 3 rings (SSSR count). The van der Waals surface area contributed by atoms with Crippen molar-refractivity contribution >= 4 is 56.2 Å². The number of hydrazone groups is 1. The zero-order chi connectivity index (χ0) is 20.3. The van der Waals surface area contributed by atoms with Gasteiger partial charge in [-0.2, -0.15) is 5.10 Å². The van der Waals surface area contributed by atoms with Gasteiger partial charge in [-0.15, -0.1) is 11.3 Å². The van der Waals surface area contributed by atoms with Crippen LogP contribution in [0, 0.1) is 5.82 Å². The number of halogens is 2. The number of carbonyl (C=O) groups excluding carboxylic acids is 2. The fourth-order valence-corrected chi connectivity index (χ4v) is 3.91. The first-order valence-electron chi connectivity index (χ1n) is 8.51. The zero-order valence-corrected chi connectivity index (χ0v) is 16.7. The lowest BCUT2D eigenvalue weighted by Gasteiger charge is -2.06. The normalized spacial score (nSPS) is 11.5. The van der Waals surface area contributed by atoms with E-state index in [0.717, 1.165) is 16.9 Å². The van der Waals surface area contributed by atoms with Gasteiger partial charge in [0.15, 0.2) is 0 Å². The van der Waals surface area contributed by atoms with Crippen LogP contribution in [0.5, 0.6) is 0 Å². The maximum atomic E-state index is 13.4. The van der Waals surface area contributed by atoms with Gasteiger partial charge in [0.05, 0.1) is 10.7 Å². The number of amides is 2. The molecule has 144 valence electrons. The van der Waals surface area contributed by atoms with Gasteiger partial charge in [-0.1, -0.05) is 30.7 Å². The molecule has 0 atom stereocenters. The summed E-state index contributed by atoms with van der Waals surface area (Å²) in [7, 11) is 0. The second-order valence-corrected chi connectivity index (χ2v) is 7.43. The van der Waals surface area contributed by atoms with E-state index in [1.807, 2.05) is 0 Å². The summed E-state index contributed by atoms with van der Waals surface area (Å²) in [5.41, 5.74) is 4.55. The van der Waals surface area contributed by atoms with Crippen molar-refractivity contribution in [1.29, 1.82) is 0 Å². The summed E-state index contributed by atoms with van der Waals surface area (Å²) in [6, 6.07) is 11.3. The molecular weight excluding hydrogens is 401 g/mol. The predicted octanol–water partition coefficient (Wildman–Crippen LogP) is 5.20. The summed E-state index contributed by atoms with van der Waals surface area (Å²) in [6.07, 6.45) is 0.404. The Morgan fingerprint density at radius 2 is 1.89 bits per heavy atom. The number of nitrogens with one attached hydrogen (secondary N) is 2. The molecule has 28 heavy (non-hydrogen) atoms. The van der Waals surface area contributed by atoms with Crippen LogP contribution >= 0.6 is 22.9 Å². The van der Waals surface area contributed by atoms with E-state index >= 15 is 0 Å². The fourth-order valence-electron chi connectivity index (χ4n) is 2.48. The number of hydrogen-bond acceptors (Lipinski definition) is 4. The molecule has 0 aliphatic heterocycles. The minimum absolute atomic E-state index is 0.0644. The molecule has 2 aromatic carbocycles. The van der Waals surface area contributed by atoms with E-state index in [2.05, 4.69) is 15.8 Å². The number of carbonyl (C=O) groups is 2. The summed E-state index contributed by atoms with van der Waals surface area (Å²) in [4.78, 5) is 24.1. The zero-order valence-electron chi connectivity index (χ0n) is 15.2. The molecule has 3 aromatic rings. The minimum Gasteiger partial charge on any atom is -0.326 e. The van der Waals surface area contributed by atoms with Gasteiger partial charge in [0.2, 0.25) is 5.91 Å². The second-order valence-electron chi connectivity index (χ2n) is 6.00. The van der Waals surface area contributed by atoms with Crippen molar-refractivity contribution in [3.63, 3.8) is 0 Å². The Morgan fingerprint density at radius 3 is 2.57 bits per heavy atom. The third-order valence-corrected chi connectivity index (χ3v) is 5.69. The first-order valence-corrected chi connectivity index (χ1v) is 9.71. The molecule has 0 aliphatic carbocycles. The molecular formula is C20H17ClFN3O2S. The lowest BCUT2D eigenvalue weighted by molar-refractivity contribution is -0.115. The Hall–Kier alpha value is -2.77. The smallest absolute Gasteiger partial charge is 0.283 e. The van der Waals surface area contributed by atoms with Crippen molar-refractivity contribution < 1.29 is 14.0 Å². The Labute approximate surface area is 170 Å². The van der Waals surface area contributed by atoms with Crippen LogP contribution in [0.2, 0.25) is 5.02 Å². The van der Waals surface area contributed by atoms with Crippen molar-refractivity contribution in [2.24, 2.45) is 5.10 Å². The number of fused-ring (bicyclic) bond motifs is 1. The van der Waals surface area contributed by atoms with Crippen LogP contribution in [0.1, 0.15) is 35.5 Å². The molecule has 0 spiro atoms. The van der Waals surface area contributed by atoms with Gasteiger partial charge in [-0.3, -0.25) is 9.59 Å². The highest BCUT2D eigenvalue weighted by atomic mass is 35.5. The van der Waals surface area contributed by atoms with Gasteiger partial charge in [0, 0.05) is 22.2 Å². The first kappa shape index (κ1) is 20.0. The molecule has 0 radical (unpaired) electrons. The summed E-state index contributed by atoms with van der Waals surface area (Å²) in [5.74, 6) is -0.909. The maximum absolute atomic E-state index is 13.4. The number of benzene rings is 2. The topological polar surface area (TPSA) is 70.6 Å². The van der Waals surface area contributed by atoms with Crippen LogP contribution in [-0.2, 0) is 4.79 Å². The summed E-state index contributed by atoms with van der Waals surface area (Å²) >= 11 is 7.36. The predicted molar refractivity (Wildman–Crippen MR) is 112 cm³/mol. The van der Waals surface area contributed by atoms with Gasteiger partial charge in [0.1, 0.15) is 10.7 Å². The SMILES string of the molecule is CCC(=O)Nc1ccc(/C(C)=N\NC(=O)c2sc3cc(F)ccc3c2Cl)cc1. The molecule has 1 heterocycles. The van der Waals surface area contributed by atoms with Crippen LogP contribution in [0.25, 0.3) is 10.1 Å². The Kier molecular flexibility index (Phi) is 6.06. The number of hydrogen-bond donors (Lipinski definition) is 2. The molecule has 2 amide bonds. The van der Waals surface area contributed by atoms with E-state index in [4.69, 9.17) is 11.6 Å². The average molecular weight is 418 g/mol. The fraction of sp³-hybridized carbons (Fsp3) is 0.150. The molecule has 0 unspecified atom stereocenters. The monoisotopic (exact) mass is 417 g/mol. The van der Waals surface area contributed by atoms with Crippen LogP contribution in [-0.4, -0.2) is 17.5 Å². The highest BCUT2D eigenvalue weighted by molar-refractivity contribution is 7.21. The summed E-state index contributed by atoms with van der Waals surface area (Å²) in [5, 5.41) is 7.78. The molecule has 0 aliphatic rings. The quantitative estimate of drug-likeness (QED) is 0.442. The molecule has 5 nitrogen and oxygen atoms in total. The number of nitrogens with zero attached hydrogens (tertiary/aromatic N) is 1. The first-order chi connectivity index (χ1) is 13.4. The van der Waals surface area contributed by atoms with Crippen molar-refractivity contribution in [3.05, 3.63) is 63.7 Å². The second kappa shape index (κ2) is 8.50. The average Bonchev–Trinajstić information content (AvgIpc) is 3.02. The molecule has 0 bridgehead atoms. The molecule has 0 fully saturated rings. The third-order valence-electron chi connectivity index (χ3n) is 4.03. The number of rotatable bonds is 5. The molecule has 1 aromatic heterocycles. The van der Waals surface area contributed by atoms with E-state index in [1.165, 1.54) is 12.1 Å². The van der Waals surface area contributed by atoms with Gasteiger partial charge in [-0.05, 0) is 42.8 Å². The van der Waals surface area contributed by atoms with Crippen LogP contribution in [0.4, 0.5) is 10.1 Å². The number of thiophene rings is 1. The molecule has 8 heteroatoms. The van der Waals surface area contributed by atoms with E-state index in [1.54, 1.807) is 44.2 Å². The Morgan fingerprint density at radius 1 is 1.18 bits per heavy atom. The molecule has 0 saturated carbocycles. The lowest BCUT2D eigenvalue weighted by Crippen LogP contribution is -2.18. The Balaban J connectivity index is 1.73. The highest BCUT2D eigenvalue weighted by Crippen LogP contribution is 2.35. The van der Waals surface area contributed by atoms with E-state index in [0.29, 0.717) is 27.9 Å². The maximum Gasteiger partial charge on any atom is 0.283 e. The van der Waals surface area contributed by atoms with Crippen LogP contribution in [0.3, 0.4) is 0 Å². The van der Waals surface area contributed by atoms with Gasteiger partial charge >= 0.3 is 0 Å². The van der Waals surface area contributed by atoms with Crippen molar-refractivity contribution in [2.45, 2.75) is 20.3 Å². The largest absolute Gasteiger partial charge is 0.326 e. The lowest BCUT2D eigenvalue weighted by atomic mass is 10.1. The standard InChI is InChI=1S/C20H17ClFN3O2S/c1-3-17(26)23-14-7-4-12(5-8-14)11(2)24-25-20(27)19-18(21)15-9-6-13(22)10-16(15)28-19/h4-10H,3H2,1-2H3,(H,23,26)(H,25,27)/b24-11-. The van der Waals surface area contributed by atoms with Crippen LogP contribution in [0.15, 0.2) is 47.6 Å². The third kappa shape index (κ3) is 4.37. The van der Waals surface area contributed by atoms with Gasteiger partial charge < -0.3 is 5.32 Å². The van der Waals surface area contributed by atoms with Gasteiger partial charge in [0.25, 0.3) is 5.91 Å². The van der Waals surface area contributed by atoms with Crippen LogP contribution < -0.4 is 10.7 Å². The van der Waals surface area contributed by atoms with E-state index in [9.17, 15) is 14.0 Å².